The fraction of sp³-hybridized carbons (Fsp3) is 0.263. The Labute approximate surface area is 156 Å². The molecule has 0 radical (unpaired) electrons. The molecule has 2 heterocycles. The van der Waals surface area contributed by atoms with Crippen molar-refractivity contribution in [3.63, 3.8) is 0 Å². The smallest absolute Gasteiger partial charge is 0.195 e. The van der Waals surface area contributed by atoms with Crippen molar-refractivity contribution < 1.29 is 4.39 Å². The molecule has 2 aromatic carbocycles. The van der Waals surface area contributed by atoms with Crippen molar-refractivity contribution in [2.75, 3.05) is 0 Å². The summed E-state index contributed by atoms with van der Waals surface area (Å²) in [5, 5.41) is 7.36. The third kappa shape index (κ3) is 3.21. The fourth-order valence-corrected chi connectivity index (χ4v) is 3.75. The first kappa shape index (κ1) is 17.1. The fourth-order valence-electron chi connectivity index (χ4n) is 3.46. The van der Waals surface area contributed by atoms with Crippen molar-refractivity contribution in [2.45, 2.75) is 31.5 Å². The van der Waals surface area contributed by atoms with Gasteiger partial charge in [-0.05, 0) is 48.8 Å². The van der Waals surface area contributed by atoms with E-state index >= 15 is 0 Å². The molecule has 3 aromatic rings. The van der Waals surface area contributed by atoms with Gasteiger partial charge in [0.05, 0.1) is 12.1 Å². The second-order valence-electron chi connectivity index (χ2n) is 6.52. The van der Waals surface area contributed by atoms with E-state index in [4.69, 9.17) is 12.2 Å². The minimum absolute atomic E-state index is 0.0241. The number of hydrazine groups is 1. The SMILES string of the molecule is CC(c1ccc(F)cc1)n1c(C2CC(c3ccccc3)NN2)n[nH]c1=S. The van der Waals surface area contributed by atoms with Crippen LogP contribution < -0.4 is 10.9 Å². The van der Waals surface area contributed by atoms with E-state index in [0.717, 1.165) is 17.8 Å². The Hall–Kier alpha value is -2.35. The van der Waals surface area contributed by atoms with Crippen molar-refractivity contribution >= 4 is 12.2 Å². The number of aromatic nitrogens is 3. The summed E-state index contributed by atoms with van der Waals surface area (Å²) in [5.74, 6) is 0.599. The summed E-state index contributed by atoms with van der Waals surface area (Å²) in [6.45, 7) is 2.04. The second kappa shape index (κ2) is 7.11. The summed E-state index contributed by atoms with van der Waals surface area (Å²) in [6.07, 6.45) is 0.861. The molecule has 26 heavy (non-hydrogen) atoms. The Bertz CT molecular complexity index is 935. The van der Waals surface area contributed by atoms with Crippen LogP contribution in [0.2, 0.25) is 0 Å². The third-order valence-corrected chi connectivity index (χ3v) is 5.18. The van der Waals surface area contributed by atoms with E-state index in [0.29, 0.717) is 4.77 Å². The molecule has 134 valence electrons. The maximum atomic E-state index is 13.2. The van der Waals surface area contributed by atoms with Crippen molar-refractivity contribution in [1.29, 1.82) is 0 Å². The minimum atomic E-state index is -0.246. The molecule has 1 saturated heterocycles. The lowest BCUT2D eigenvalue weighted by Crippen LogP contribution is -2.28. The van der Waals surface area contributed by atoms with Gasteiger partial charge in [-0.2, -0.15) is 5.10 Å². The van der Waals surface area contributed by atoms with E-state index in [2.05, 4.69) is 33.2 Å². The summed E-state index contributed by atoms with van der Waals surface area (Å²) < 4.78 is 15.8. The van der Waals surface area contributed by atoms with Gasteiger partial charge in [-0.25, -0.2) is 15.2 Å². The number of nitrogens with one attached hydrogen (secondary N) is 3. The standard InChI is InChI=1S/C19H20FN5S/c1-12(13-7-9-15(20)10-8-13)25-18(23-24-19(25)26)17-11-16(21-22-17)14-5-3-2-4-6-14/h2-10,12,16-17,21-22H,11H2,1H3,(H,24,26). The van der Waals surface area contributed by atoms with Crippen molar-refractivity contribution in [3.05, 3.63) is 82.1 Å². The van der Waals surface area contributed by atoms with Gasteiger partial charge in [0.15, 0.2) is 10.6 Å². The lowest BCUT2D eigenvalue weighted by Gasteiger charge is -2.18. The number of hydrogen-bond acceptors (Lipinski definition) is 4. The average molecular weight is 369 g/mol. The molecule has 1 aliphatic heterocycles. The normalized spacial score (nSPS) is 21.0. The van der Waals surface area contributed by atoms with Crippen LogP contribution in [0.5, 0.6) is 0 Å². The molecule has 1 aliphatic rings. The van der Waals surface area contributed by atoms with E-state index in [-0.39, 0.29) is 23.9 Å². The summed E-state index contributed by atoms with van der Waals surface area (Å²) in [5.41, 5.74) is 8.89. The molecule has 1 fully saturated rings. The summed E-state index contributed by atoms with van der Waals surface area (Å²) in [7, 11) is 0. The quantitative estimate of drug-likeness (QED) is 0.609. The van der Waals surface area contributed by atoms with Crippen LogP contribution in [-0.4, -0.2) is 14.8 Å². The Morgan fingerprint density at radius 2 is 1.77 bits per heavy atom. The molecular formula is C19H20FN5S. The topological polar surface area (TPSA) is 57.7 Å². The molecular weight excluding hydrogens is 349 g/mol. The molecule has 7 heteroatoms. The summed E-state index contributed by atoms with van der Waals surface area (Å²) in [6, 6.07) is 17.0. The maximum Gasteiger partial charge on any atom is 0.195 e. The molecule has 0 saturated carbocycles. The number of aromatic amines is 1. The van der Waals surface area contributed by atoms with E-state index < -0.39 is 0 Å². The van der Waals surface area contributed by atoms with Gasteiger partial charge in [-0.15, -0.1) is 0 Å². The monoisotopic (exact) mass is 369 g/mol. The molecule has 0 aliphatic carbocycles. The molecule has 0 bridgehead atoms. The lowest BCUT2D eigenvalue weighted by atomic mass is 10.0. The maximum absolute atomic E-state index is 13.2. The van der Waals surface area contributed by atoms with Gasteiger partial charge in [-0.3, -0.25) is 9.67 Å². The lowest BCUT2D eigenvalue weighted by molar-refractivity contribution is 0.497. The summed E-state index contributed by atoms with van der Waals surface area (Å²) >= 11 is 5.46. The third-order valence-electron chi connectivity index (χ3n) is 4.89. The van der Waals surface area contributed by atoms with Gasteiger partial charge >= 0.3 is 0 Å². The van der Waals surface area contributed by atoms with Crippen molar-refractivity contribution in [1.82, 2.24) is 25.6 Å². The Morgan fingerprint density at radius 1 is 1.08 bits per heavy atom. The Kier molecular flexibility index (Phi) is 4.67. The predicted octanol–water partition coefficient (Wildman–Crippen LogP) is 3.97. The van der Waals surface area contributed by atoms with Gasteiger partial charge in [-0.1, -0.05) is 42.5 Å². The zero-order valence-corrected chi connectivity index (χ0v) is 15.1. The molecule has 0 spiro atoms. The number of H-pyrrole nitrogens is 1. The highest BCUT2D eigenvalue weighted by molar-refractivity contribution is 7.71. The predicted molar refractivity (Wildman–Crippen MR) is 100 cm³/mol. The first-order valence-corrected chi connectivity index (χ1v) is 9.02. The summed E-state index contributed by atoms with van der Waals surface area (Å²) in [4.78, 5) is 0. The van der Waals surface area contributed by atoms with Crippen LogP contribution in [0, 0.1) is 10.6 Å². The Balaban J connectivity index is 1.61. The van der Waals surface area contributed by atoms with Gasteiger partial charge in [0.2, 0.25) is 0 Å². The van der Waals surface area contributed by atoms with Crippen LogP contribution >= 0.6 is 12.2 Å². The van der Waals surface area contributed by atoms with Gasteiger partial charge in [0.25, 0.3) is 0 Å². The van der Waals surface area contributed by atoms with Crippen molar-refractivity contribution in [3.8, 4) is 0 Å². The second-order valence-corrected chi connectivity index (χ2v) is 6.91. The highest BCUT2D eigenvalue weighted by Gasteiger charge is 2.30. The molecule has 1 aromatic heterocycles. The Morgan fingerprint density at radius 3 is 2.50 bits per heavy atom. The van der Waals surface area contributed by atoms with Gasteiger partial charge in [0, 0.05) is 6.04 Å². The zero-order chi connectivity index (χ0) is 18.1. The highest BCUT2D eigenvalue weighted by atomic mass is 32.1. The van der Waals surface area contributed by atoms with E-state index in [9.17, 15) is 4.39 Å². The van der Waals surface area contributed by atoms with Crippen molar-refractivity contribution in [2.24, 2.45) is 0 Å². The van der Waals surface area contributed by atoms with E-state index in [1.165, 1.54) is 17.7 Å². The largest absolute Gasteiger partial charge is 0.295 e. The zero-order valence-electron chi connectivity index (χ0n) is 14.3. The van der Waals surface area contributed by atoms with Gasteiger partial charge in [0.1, 0.15) is 5.82 Å². The van der Waals surface area contributed by atoms with Crippen LogP contribution in [0.3, 0.4) is 0 Å². The molecule has 4 rings (SSSR count). The minimum Gasteiger partial charge on any atom is -0.295 e. The van der Waals surface area contributed by atoms with E-state index in [1.54, 1.807) is 12.1 Å². The van der Waals surface area contributed by atoms with E-state index in [1.807, 2.05) is 29.7 Å². The number of halogens is 1. The van der Waals surface area contributed by atoms with Crippen LogP contribution in [0.25, 0.3) is 0 Å². The number of benzene rings is 2. The highest BCUT2D eigenvalue weighted by Crippen LogP contribution is 2.32. The van der Waals surface area contributed by atoms with Crippen LogP contribution in [0.15, 0.2) is 54.6 Å². The molecule has 3 N–H and O–H groups in total. The molecule has 3 unspecified atom stereocenters. The number of hydrogen-bond donors (Lipinski definition) is 3. The number of rotatable bonds is 4. The molecule has 3 atom stereocenters. The molecule has 5 nitrogen and oxygen atoms in total. The van der Waals surface area contributed by atoms with Crippen LogP contribution in [-0.2, 0) is 0 Å². The first-order valence-electron chi connectivity index (χ1n) is 8.62. The van der Waals surface area contributed by atoms with Gasteiger partial charge < -0.3 is 0 Å². The first-order chi connectivity index (χ1) is 12.6. The average Bonchev–Trinajstić information content (AvgIpc) is 3.29. The van der Waals surface area contributed by atoms with Crippen LogP contribution in [0.1, 0.15) is 48.4 Å². The molecule has 0 amide bonds. The number of nitrogens with zero attached hydrogens (tertiary/aromatic N) is 2. The van der Waals surface area contributed by atoms with Crippen LogP contribution in [0.4, 0.5) is 4.39 Å².